The summed E-state index contributed by atoms with van der Waals surface area (Å²) < 4.78 is 5.70. The fourth-order valence-corrected chi connectivity index (χ4v) is 4.31. The molecule has 1 N–H and O–H groups in total. The van der Waals surface area contributed by atoms with Crippen molar-refractivity contribution in [3.05, 3.63) is 65.2 Å². The second kappa shape index (κ2) is 9.53. The van der Waals surface area contributed by atoms with E-state index in [2.05, 4.69) is 5.32 Å². The fraction of sp³-hybridized carbons (Fsp3) is 0.400. The van der Waals surface area contributed by atoms with Crippen LogP contribution in [-0.2, 0) is 16.1 Å². The monoisotopic (exact) mass is 435 g/mol. The number of hydrogen-bond acceptors (Lipinski definition) is 4. The lowest BCUT2D eigenvalue weighted by molar-refractivity contribution is -0.117. The Hall–Kier alpha value is -3.19. The third-order valence-corrected chi connectivity index (χ3v) is 5.85. The number of amides is 3. The first-order valence-electron chi connectivity index (χ1n) is 11.1. The van der Waals surface area contributed by atoms with E-state index in [0.717, 1.165) is 17.7 Å². The van der Waals surface area contributed by atoms with Gasteiger partial charge in [-0.15, -0.1) is 0 Å². The zero-order valence-corrected chi connectivity index (χ0v) is 18.5. The minimum atomic E-state index is -0.199. The molecule has 2 aromatic rings. The van der Waals surface area contributed by atoms with Gasteiger partial charge in [-0.3, -0.25) is 14.4 Å². The van der Waals surface area contributed by atoms with E-state index in [-0.39, 0.29) is 29.9 Å². The molecule has 2 aliphatic rings. The van der Waals surface area contributed by atoms with Crippen molar-refractivity contribution in [1.29, 1.82) is 0 Å². The van der Waals surface area contributed by atoms with E-state index in [1.165, 1.54) is 0 Å². The van der Waals surface area contributed by atoms with Crippen LogP contribution >= 0.6 is 0 Å². The van der Waals surface area contributed by atoms with Crippen molar-refractivity contribution in [1.82, 2.24) is 10.2 Å². The first kappa shape index (κ1) is 22.0. The first-order valence-corrected chi connectivity index (χ1v) is 11.1. The van der Waals surface area contributed by atoms with E-state index in [9.17, 15) is 14.4 Å². The molecule has 0 spiro atoms. The van der Waals surface area contributed by atoms with Crippen molar-refractivity contribution in [3.63, 3.8) is 0 Å². The van der Waals surface area contributed by atoms with Gasteiger partial charge in [0.1, 0.15) is 0 Å². The van der Waals surface area contributed by atoms with Crippen LogP contribution in [-0.4, -0.2) is 54.5 Å². The summed E-state index contributed by atoms with van der Waals surface area (Å²) >= 11 is 0. The fourth-order valence-electron chi connectivity index (χ4n) is 4.31. The Morgan fingerprint density at radius 3 is 2.41 bits per heavy atom. The highest BCUT2D eigenvalue weighted by Crippen LogP contribution is 2.22. The molecule has 0 aliphatic carbocycles. The Morgan fingerprint density at radius 2 is 1.75 bits per heavy atom. The van der Waals surface area contributed by atoms with Crippen LogP contribution in [0.1, 0.15) is 53.0 Å². The van der Waals surface area contributed by atoms with Gasteiger partial charge in [-0.25, -0.2) is 0 Å². The Balaban J connectivity index is 1.35. The quantitative estimate of drug-likeness (QED) is 0.783. The number of benzene rings is 2. The number of ether oxygens (including phenoxy) is 1. The average molecular weight is 436 g/mol. The van der Waals surface area contributed by atoms with Crippen LogP contribution in [0, 0.1) is 0 Å². The smallest absolute Gasteiger partial charge is 0.254 e. The van der Waals surface area contributed by atoms with Crippen LogP contribution in [0.4, 0.5) is 5.69 Å². The summed E-state index contributed by atoms with van der Waals surface area (Å²) in [5.74, 6) is -0.107. The number of hydrogen-bond donors (Lipinski definition) is 1. The van der Waals surface area contributed by atoms with Crippen molar-refractivity contribution in [3.8, 4) is 0 Å². The number of carbonyl (C=O) groups excluding carboxylic acids is 3. The number of anilines is 1. The molecule has 3 amide bonds. The van der Waals surface area contributed by atoms with Crippen LogP contribution in [0.25, 0.3) is 0 Å². The number of nitrogens with zero attached hydrogens (tertiary/aromatic N) is 2. The van der Waals surface area contributed by atoms with Crippen LogP contribution < -0.4 is 10.2 Å². The number of rotatable bonds is 5. The molecule has 0 saturated carbocycles. The zero-order valence-electron chi connectivity index (χ0n) is 18.5. The van der Waals surface area contributed by atoms with Gasteiger partial charge in [-0.2, -0.15) is 0 Å². The summed E-state index contributed by atoms with van der Waals surface area (Å²) in [5, 5.41) is 2.91. The average Bonchev–Trinajstić information content (AvgIpc) is 3.22. The molecule has 7 nitrogen and oxygen atoms in total. The third kappa shape index (κ3) is 4.99. The maximum atomic E-state index is 12.8. The van der Waals surface area contributed by atoms with Gasteiger partial charge < -0.3 is 19.9 Å². The van der Waals surface area contributed by atoms with Crippen molar-refractivity contribution in [2.24, 2.45) is 0 Å². The summed E-state index contributed by atoms with van der Waals surface area (Å²) in [5.41, 5.74) is 2.81. The topological polar surface area (TPSA) is 79.0 Å². The van der Waals surface area contributed by atoms with Crippen LogP contribution in [0.5, 0.6) is 0 Å². The molecule has 7 heteroatoms. The highest BCUT2D eigenvalue weighted by molar-refractivity contribution is 5.99. The molecular formula is C25H29N3O4. The highest BCUT2D eigenvalue weighted by atomic mass is 16.5. The lowest BCUT2D eigenvalue weighted by Gasteiger charge is -2.35. The molecule has 2 aliphatic heterocycles. The lowest BCUT2D eigenvalue weighted by Crippen LogP contribution is -2.48. The summed E-state index contributed by atoms with van der Waals surface area (Å²) in [6, 6.07) is 14.5. The number of carbonyl (C=O) groups is 3. The molecule has 2 heterocycles. The maximum absolute atomic E-state index is 12.8. The second-order valence-corrected chi connectivity index (χ2v) is 8.55. The Bertz CT molecular complexity index is 995. The molecular weight excluding hydrogens is 406 g/mol. The molecule has 4 rings (SSSR count). The van der Waals surface area contributed by atoms with Gasteiger partial charge in [0.2, 0.25) is 5.91 Å². The summed E-state index contributed by atoms with van der Waals surface area (Å²) in [4.78, 5) is 40.9. The van der Waals surface area contributed by atoms with E-state index in [1.807, 2.05) is 36.9 Å². The summed E-state index contributed by atoms with van der Waals surface area (Å²) in [6.07, 6.45) is 1.45. The second-order valence-electron chi connectivity index (χ2n) is 8.55. The van der Waals surface area contributed by atoms with E-state index < -0.39 is 0 Å². The van der Waals surface area contributed by atoms with Crippen molar-refractivity contribution >= 4 is 23.4 Å². The van der Waals surface area contributed by atoms with Gasteiger partial charge in [-0.1, -0.05) is 18.2 Å². The van der Waals surface area contributed by atoms with Gasteiger partial charge in [0.25, 0.3) is 11.8 Å². The largest absolute Gasteiger partial charge is 0.372 e. The van der Waals surface area contributed by atoms with Crippen molar-refractivity contribution < 1.29 is 19.1 Å². The SMILES string of the molecule is CC1CN(C(=O)c2ccc(CNC(=O)c3cccc(N4CCCC4=O)c3)cc2)CC(C)O1. The number of morpholine rings is 1. The molecule has 0 aromatic heterocycles. The molecule has 2 saturated heterocycles. The molecule has 2 atom stereocenters. The van der Waals surface area contributed by atoms with Gasteiger partial charge >= 0.3 is 0 Å². The minimum absolute atomic E-state index is 0.00383. The lowest BCUT2D eigenvalue weighted by atomic mass is 10.1. The summed E-state index contributed by atoms with van der Waals surface area (Å²) in [6.45, 7) is 6.16. The number of nitrogens with one attached hydrogen (secondary N) is 1. The van der Waals surface area contributed by atoms with E-state index in [1.54, 1.807) is 35.2 Å². The predicted molar refractivity (Wildman–Crippen MR) is 122 cm³/mol. The van der Waals surface area contributed by atoms with Gasteiger partial charge in [0.15, 0.2) is 0 Å². The Kier molecular flexibility index (Phi) is 6.55. The normalized spacial score (nSPS) is 21.0. The van der Waals surface area contributed by atoms with E-state index in [0.29, 0.717) is 43.7 Å². The standard InChI is InChI=1S/C25H29N3O4/c1-17-15-27(16-18(2)32-17)25(31)20-10-8-19(9-11-20)14-26-24(30)21-5-3-6-22(13-21)28-12-4-7-23(28)29/h3,5-6,8-11,13,17-18H,4,7,12,14-16H2,1-2H3,(H,26,30). The van der Waals surface area contributed by atoms with Crippen LogP contribution in [0.2, 0.25) is 0 Å². The molecule has 2 fully saturated rings. The molecule has 0 bridgehead atoms. The highest BCUT2D eigenvalue weighted by Gasteiger charge is 2.26. The van der Waals surface area contributed by atoms with Crippen LogP contribution in [0.15, 0.2) is 48.5 Å². The van der Waals surface area contributed by atoms with Gasteiger partial charge in [0.05, 0.1) is 12.2 Å². The van der Waals surface area contributed by atoms with E-state index >= 15 is 0 Å². The molecule has 2 aromatic carbocycles. The molecule has 0 radical (unpaired) electrons. The minimum Gasteiger partial charge on any atom is -0.372 e. The maximum Gasteiger partial charge on any atom is 0.254 e. The van der Waals surface area contributed by atoms with Gasteiger partial charge in [0, 0.05) is 49.4 Å². The van der Waals surface area contributed by atoms with E-state index in [4.69, 9.17) is 4.74 Å². The zero-order chi connectivity index (χ0) is 22.7. The molecule has 2 unspecified atom stereocenters. The van der Waals surface area contributed by atoms with Crippen LogP contribution in [0.3, 0.4) is 0 Å². The summed E-state index contributed by atoms with van der Waals surface area (Å²) in [7, 11) is 0. The van der Waals surface area contributed by atoms with Gasteiger partial charge in [-0.05, 0) is 56.2 Å². The van der Waals surface area contributed by atoms with Crippen molar-refractivity contribution in [2.75, 3.05) is 24.5 Å². The predicted octanol–water partition coefficient (Wildman–Crippen LogP) is 2.99. The van der Waals surface area contributed by atoms with Crippen molar-refractivity contribution in [2.45, 2.75) is 45.4 Å². The third-order valence-electron chi connectivity index (χ3n) is 5.85. The molecule has 168 valence electrons. The Labute approximate surface area is 188 Å². The molecule has 32 heavy (non-hydrogen) atoms. The Morgan fingerprint density at radius 1 is 1.03 bits per heavy atom. The first-order chi connectivity index (χ1) is 15.4.